The molecule has 0 atom stereocenters. The third kappa shape index (κ3) is 4.85. The number of para-hydroxylation sites is 1. The van der Waals surface area contributed by atoms with Gasteiger partial charge in [-0.2, -0.15) is 0 Å². The molecular formula is C17H20N2OS. The molecule has 2 aromatic rings. The summed E-state index contributed by atoms with van der Waals surface area (Å²) in [6.07, 6.45) is 0. The Balaban J connectivity index is 1.87. The molecule has 0 spiro atoms. The lowest BCUT2D eigenvalue weighted by Gasteiger charge is -2.18. The number of nitrogens with one attached hydrogen (secondary N) is 2. The zero-order valence-electron chi connectivity index (χ0n) is 12.3. The molecule has 2 aromatic carbocycles. The first-order valence-corrected chi connectivity index (χ1v) is 7.28. The van der Waals surface area contributed by atoms with E-state index in [0.29, 0.717) is 11.7 Å². The molecule has 21 heavy (non-hydrogen) atoms. The fourth-order valence-electron chi connectivity index (χ4n) is 1.91. The Kier molecular flexibility index (Phi) is 4.94. The van der Waals surface area contributed by atoms with Crippen molar-refractivity contribution in [2.75, 3.05) is 5.32 Å². The monoisotopic (exact) mass is 300 g/mol. The molecular weight excluding hydrogens is 280 g/mol. The summed E-state index contributed by atoms with van der Waals surface area (Å²) in [7, 11) is 0. The van der Waals surface area contributed by atoms with Crippen molar-refractivity contribution in [3.8, 4) is 0 Å². The van der Waals surface area contributed by atoms with Crippen LogP contribution >= 0.6 is 12.2 Å². The Hall–Kier alpha value is -1.91. The lowest BCUT2D eigenvalue weighted by Crippen LogP contribution is -2.27. The molecule has 0 aliphatic carbocycles. The molecule has 0 saturated heterocycles. The van der Waals surface area contributed by atoms with Gasteiger partial charge in [-0.25, -0.2) is 0 Å². The van der Waals surface area contributed by atoms with E-state index in [1.807, 2.05) is 54.6 Å². The summed E-state index contributed by atoms with van der Waals surface area (Å²) in [6, 6.07) is 17.7. The van der Waals surface area contributed by atoms with Gasteiger partial charge in [0.1, 0.15) is 0 Å². The maximum Gasteiger partial charge on any atom is 0.171 e. The van der Waals surface area contributed by atoms with Gasteiger partial charge in [0, 0.05) is 12.2 Å². The lowest BCUT2D eigenvalue weighted by atomic mass is 9.97. The smallest absolute Gasteiger partial charge is 0.171 e. The highest BCUT2D eigenvalue weighted by Crippen LogP contribution is 2.19. The number of benzene rings is 2. The maximum atomic E-state index is 9.92. The molecule has 110 valence electrons. The molecule has 0 aliphatic rings. The zero-order chi connectivity index (χ0) is 15.3. The molecule has 0 unspecified atom stereocenters. The van der Waals surface area contributed by atoms with Gasteiger partial charge in [0.25, 0.3) is 0 Å². The molecule has 2 rings (SSSR count). The van der Waals surface area contributed by atoms with Crippen LogP contribution in [0.3, 0.4) is 0 Å². The van der Waals surface area contributed by atoms with Gasteiger partial charge in [-0.05, 0) is 49.3 Å². The lowest BCUT2D eigenvalue weighted by molar-refractivity contribution is 0.0786. The topological polar surface area (TPSA) is 44.3 Å². The predicted molar refractivity (Wildman–Crippen MR) is 91.2 cm³/mol. The average molecular weight is 300 g/mol. The maximum absolute atomic E-state index is 9.92. The number of rotatable bonds is 4. The predicted octanol–water partition coefficient (Wildman–Crippen LogP) is 3.40. The minimum absolute atomic E-state index is 0.591. The molecule has 4 heteroatoms. The highest BCUT2D eigenvalue weighted by molar-refractivity contribution is 7.80. The first-order chi connectivity index (χ1) is 9.95. The number of hydrogen-bond acceptors (Lipinski definition) is 2. The summed E-state index contributed by atoms with van der Waals surface area (Å²) < 4.78 is 0. The van der Waals surface area contributed by atoms with Gasteiger partial charge < -0.3 is 15.7 Å². The highest BCUT2D eigenvalue weighted by atomic mass is 32.1. The first kappa shape index (κ1) is 15.5. The molecule has 0 amide bonds. The van der Waals surface area contributed by atoms with Crippen LogP contribution in [0.4, 0.5) is 5.69 Å². The van der Waals surface area contributed by atoms with Crippen molar-refractivity contribution in [1.82, 2.24) is 5.32 Å². The van der Waals surface area contributed by atoms with Gasteiger partial charge in [0.2, 0.25) is 0 Å². The van der Waals surface area contributed by atoms with Crippen LogP contribution in [0.5, 0.6) is 0 Å². The van der Waals surface area contributed by atoms with E-state index in [9.17, 15) is 5.11 Å². The fraction of sp³-hybridized carbons (Fsp3) is 0.235. The Morgan fingerprint density at radius 1 is 1.05 bits per heavy atom. The van der Waals surface area contributed by atoms with Gasteiger partial charge in [0.05, 0.1) is 5.60 Å². The van der Waals surface area contributed by atoms with Crippen molar-refractivity contribution < 1.29 is 5.11 Å². The van der Waals surface area contributed by atoms with E-state index < -0.39 is 5.60 Å². The van der Waals surface area contributed by atoms with Crippen molar-refractivity contribution >= 4 is 23.0 Å². The Morgan fingerprint density at radius 2 is 1.67 bits per heavy atom. The second kappa shape index (κ2) is 6.70. The van der Waals surface area contributed by atoms with E-state index >= 15 is 0 Å². The van der Waals surface area contributed by atoms with E-state index in [0.717, 1.165) is 16.8 Å². The Morgan fingerprint density at radius 3 is 2.24 bits per heavy atom. The Bertz CT molecular complexity index is 588. The van der Waals surface area contributed by atoms with Crippen LogP contribution in [0, 0.1) is 0 Å². The second-order valence-electron chi connectivity index (χ2n) is 5.43. The van der Waals surface area contributed by atoms with Crippen molar-refractivity contribution in [2.24, 2.45) is 0 Å². The van der Waals surface area contributed by atoms with Crippen LogP contribution in [0.25, 0.3) is 0 Å². The molecule has 0 aliphatic heterocycles. The summed E-state index contributed by atoms with van der Waals surface area (Å²) in [6.45, 7) is 4.20. The van der Waals surface area contributed by atoms with E-state index in [2.05, 4.69) is 10.6 Å². The summed E-state index contributed by atoms with van der Waals surface area (Å²) in [5, 5.41) is 16.8. The van der Waals surface area contributed by atoms with E-state index in [4.69, 9.17) is 12.2 Å². The molecule has 0 bridgehead atoms. The molecule has 0 radical (unpaired) electrons. The third-order valence-electron chi connectivity index (χ3n) is 3.15. The van der Waals surface area contributed by atoms with Gasteiger partial charge >= 0.3 is 0 Å². The summed E-state index contributed by atoms with van der Waals surface area (Å²) in [5.41, 5.74) is 2.17. The molecule has 0 aromatic heterocycles. The van der Waals surface area contributed by atoms with Gasteiger partial charge in [-0.3, -0.25) is 0 Å². The number of hydrogen-bond donors (Lipinski definition) is 3. The van der Waals surface area contributed by atoms with Crippen LogP contribution in [0.1, 0.15) is 25.0 Å². The second-order valence-corrected chi connectivity index (χ2v) is 5.84. The van der Waals surface area contributed by atoms with Gasteiger partial charge in [-0.1, -0.05) is 42.5 Å². The molecule has 3 N–H and O–H groups in total. The van der Waals surface area contributed by atoms with E-state index in [1.54, 1.807) is 13.8 Å². The van der Waals surface area contributed by atoms with E-state index in [1.165, 1.54) is 0 Å². The number of aliphatic hydroxyl groups is 1. The van der Waals surface area contributed by atoms with Crippen LogP contribution in [-0.4, -0.2) is 10.2 Å². The molecule has 3 nitrogen and oxygen atoms in total. The minimum Gasteiger partial charge on any atom is -0.386 e. The van der Waals surface area contributed by atoms with Crippen LogP contribution in [0.15, 0.2) is 54.6 Å². The fourth-order valence-corrected chi connectivity index (χ4v) is 2.10. The largest absolute Gasteiger partial charge is 0.386 e. The van der Waals surface area contributed by atoms with Crippen LogP contribution in [0.2, 0.25) is 0 Å². The number of thiocarbonyl (C=S) groups is 1. The van der Waals surface area contributed by atoms with Crippen LogP contribution in [-0.2, 0) is 12.1 Å². The average Bonchev–Trinajstić information content (AvgIpc) is 2.46. The summed E-state index contributed by atoms with van der Waals surface area (Å²) in [4.78, 5) is 0. The first-order valence-electron chi connectivity index (χ1n) is 6.87. The third-order valence-corrected chi connectivity index (χ3v) is 3.39. The van der Waals surface area contributed by atoms with Crippen molar-refractivity contribution in [1.29, 1.82) is 0 Å². The normalized spacial score (nSPS) is 11.0. The zero-order valence-corrected chi connectivity index (χ0v) is 13.1. The van der Waals surface area contributed by atoms with Crippen molar-refractivity contribution in [2.45, 2.75) is 26.0 Å². The standard InChI is InChI=1S/C17H20N2OS/c1-17(2,20)14-10-8-13(9-11-14)12-18-16(21)19-15-6-4-3-5-7-15/h3-11,20H,12H2,1-2H3,(H2,18,19,21). The highest BCUT2D eigenvalue weighted by Gasteiger charge is 2.14. The molecule has 0 saturated carbocycles. The number of anilines is 1. The van der Waals surface area contributed by atoms with Crippen molar-refractivity contribution in [3.63, 3.8) is 0 Å². The van der Waals surface area contributed by atoms with Crippen LogP contribution < -0.4 is 10.6 Å². The minimum atomic E-state index is -0.809. The molecule has 0 fully saturated rings. The Labute approximate surface area is 131 Å². The van der Waals surface area contributed by atoms with Gasteiger partial charge in [-0.15, -0.1) is 0 Å². The summed E-state index contributed by atoms with van der Waals surface area (Å²) >= 11 is 5.26. The quantitative estimate of drug-likeness (QED) is 0.757. The van der Waals surface area contributed by atoms with Gasteiger partial charge in [0.15, 0.2) is 5.11 Å². The SMILES string of the molecule is CC(C)(O)c1ccc(CNC(=S)Nc2ccccc2)cc1. The van der Waals surface area contributed by atoms with Crippen molar-refractivity contribution in [3.05, 3.63) is 65.7 Å². The summed E-state index contributed by atoms with van der Waals surface area (Å²) in [5.74, 6) is 0. The van der Waals surface area contributed by atoms with E-state index in [-0.39, 0.29) is 0 Å². The molecule has 0 heterocycles.